The summed E-state index contributed by atoms with van der Waals surface area (Å²) in [6.07, 6.45) is 1.51. The van der Waals surface area contributed by atoms with Crippen molar-refractivity contribution < 1.29 is 18.8 Å². The van der Waals surface area contributed by atoms with Gasteiger partial charge in [0.25, 0.3) is 11.8 Å². The summed E-state index contributed by atoms with van der Waals surface area (Å²) in [6, 6.07) is 9.11. The van der Waals surface area contributed by atoms with Crippen LogP contribution < -0.4 is 5.32 Å². The van der Waals surface area contributed by atoms with Gasteiger partial charge in [0.15, 0.2) is 0 Å². The molecule has 1 aromatic carbocycles. The lowest BCUT2D eigenvalue weighted by molar-refractivity contribution is -0.124. The Balaban J connectivity index is 1.73. The van der Waals surface area contributed by atoms with E-state index in [1.807, 2.05) is 0 Å². The first kappa shape index (κ1) is 14.1. The fraction of sp³-hybridized carbons (Fsp3) is 0.188. The number of fused-ring (bicyclic) bond motifs is 1. The lowest BCUT2D eigenvalue weighted by Crippen LogP contribution is -2.47. The van der Waals surface area contributed by atoms with Gasteiger partial charge in [-0.3, -0.25) is 19.3 Å². The predicted molar refractivity (Wildman–Crippen MR) is 77.0 cm³/mol. The van der Waals surface area contributed by atoms with Gasteiger partial charge in [0.05, 0.1) is 23.9 Å². The van der Waals surface area contributed by atoms with Gasteiger partial charge in [-0.25, -0.2) is 0 Å². The minimum atomic E-state index is -0.887. The second kappa shape index (κ2) is 5.48. The maximum absolute atomic E-state index is 12.3. The van der Waals surface area contributed by atoms with Gasteiger partial charge in [0, 0.05) is 0 Å². The van der Waals surface area contributed by atoms with Gasteiger partial charge in [-0.15, -0.1) is 0 Å². The van der Waals surface area contributed by atoms with E-state index in [2.05, 4.69) is 5.32 Å². The second-order valence-electron chi connectivity index (χ2n) is 5.00. The number of carbonyl (C=O) groups is 3. The molecule has 6 nitrogen and oxygen atoms in total. The van der Waals surface area contributed by atoms with Crippen molar-refractivity contribution in [1.29, 1.82) is 0 Å². The summed E-state index contributed by atoms with van der Waals surface area (Å²) in [4.78, 5) is 37.7. The molecule has 0 spiro atoms. The number of amides is 3. The van der Waals surface area contributed by atoms with Gasteiger partial charge < -0.3 is 9.73 Å². The first-order chi connectivity index (χ1) is 10.6. The molecule has 2 heterocycles. The Bertz CT molecular complexity index is 701. The first-order valence-electron chi connectivity index (χ1n) is 6.86. The van der Waals surface area contributed by atoms with Crippen LogP contribution in [0.15, 0.2) is 47.1 Å². The fourth-order valence-electron chi connectivity index (χ4n) is 2.41. The van der Waals surface area contributed by atoms with Crippen LogP contribution in [0.2, 0.25) is 0 Å². The summed E-state index contributed by atoms with van der Waals surface area (Å²) < 4.78 is 5.12. The van der Waals surface area contributed by atoms with E-state index in [1.54, 1.807) is 36.4 Å². The van der Waals surface area contributed by atoms with Crippen LogP contribution in [0.4, 0.5) is 0 Å². The third kappa shape index (κ3) is 2.28. The SMILES string of the molecule is C[C@@H](C(=O)NCc1ccco1)N1C(=O)c2ccccc2C1=O. The molecular formula is C16H14N2O4. The van der Waals surface area contributed by atoms with Crippen LogP contribution in [0.1, 0.15) is 33.4 Å². The summed E-state index contributed by atoms with van der Waals surface area (Å²) in [5, 5.41) is 2.65. The molecule has 1 aliphatic heterocycles. The molecule has 0 unspecified atom stereocenters. The van der Waals surface area contributed by atoms with Crippen molar-refractivity contribution in [2.75, 3.05) is 0 Å². The third-order valence-electron chi connectivity index (χ3n) is 3.61. The lowest BCUT2D eigenvalue weighted by atomic mass is 10.1. The van der Waals surface area contributed by atoms with E-state index in [4.69, 9.17) is 4.42 Å². The van der Waals surface area contributed by atoms with E-state index in [0.29, 0.717) is 16.9 Å². The molecule has 112 valence electrons. The summed E-state index contributed by atoms with van der Waals surface area (Å²) in [5.41, 5.74) is 0.663. The quantitative estimate of drug-likeness (QED) is 0.869. The molecule has 0 saturated heterocycles. The van der Waals surface area contributed by atoms with Crippen LogP contribution in [0.5, 0.6) is 0 Å². The maximum Gasteiger partial charge on any atom is 0.262 e. The van der Waals surface area contributed by atoms with Crippen molar-refractivity contribution in [3.8, 4) is 0 Å². The zero-order valence-corrected chi connectivity index (χ0v) is 11.9. The highest BCUT2D eigenvalue weighted by Gasteiger charge is 2.40. The van der Waals surface area contributed by atoms with Crippen molar-refractivity contribution in [3.05, 3.63) is 59.5 Å². The number of nitrogens with one attached hydrogen (secondary N) is 1. The molecule has 22 heavy (non-hydrogen) atoms. The molecular weight excluding hydrogens is 284 g/mol. The fourth-order valence-corrected chi connectivity index (χ4v) is 2.41. The van der Waals surface area contributed by atoms with Crippen molar-refractivity contribution in [3.63, 3.8) is 0 Å². The van der Waals surface area contributed by atoms with Crippen LogP contribution in [-0.2, 0) is 11.3 Å². The normalized spacial score (nSPS) is 14.9. The highest BCUT2D eigenvalue weighted by molar-refractivity contribution is 6.22. The summed E-state index contributed by atoms with van der Waals surface area (Å²) >= 11 is 0. The molecule has 1 aliphatic rings. The van der Waals surface area contributed by atoms with Gasteiger partial charge in [-0.05, 0) is 31.2 Å². The van der Waals surface area contributed by atoms with Crippen LogP contribution in [0.25, 0.3) is 0 Å². The average molecular weight is 298 g/mol. The van der Waals surface area contributed by atoms with E-state index in [-0.39, 0.29) is 6.54 Å². The van der Waals surface area contributed by atoms with Crippen molar-refractivity contribution in [2.24, 2.45) is 0 Å². The highest BCUT2D eigenvalue weighted by Crippen LogP contribution is 2.24. The lowest BCUT2D eigenvalue weighted by Gasteiger charge is -2.21. The zero-order chi connectivity index (χ0) is 15.7. The van der Waals surface area contributed by atoms with Crippen LogP contribution in [0.3, 0.4) is 0 Å². The third-order valence-corrected chi connectivity index (χ3v) is 3.61. The number of nitrogens with zero attached hydrogens (tertiary/aromatic N) is 1. The molecule has 1 aromatic heterocycles. The van der Waals surface area contributed by atoms with E-state index in [9.17, 15) is 14.4 Å². The van der Waals surface area contributed by atoms with E-state index < -0.39 is 23.8 Å². The van der Waals surface area contributed by atoms with Crippen LogP contribution in [0, 0.1) is 0 Å². The minimum Gasteiger partial charge on any atom is -0.467 e. The Morgan fingerprint density at radius 3 is 2.32 bits per heavy atom. The first-order valence-corrected chi connectivity index (χ1v) is 6.86. The van der Waals surface area contributed by atoms with Crippen LogP contribution in [-0.4, -0.2) is 28.7 Å². The Morgan fingerprint density at radius 1 is 1.14 bits per heavy atom. The summed E-state index contributed by atoms with van der Waals surface area (Å²) in [6.45, 7) is 1.73. The zero-order valence-electron chi connectivity index (χ0n) is 11.9. The predicted octanol–water partition coefficient (Wildman–Crippen LogP) is 1.58. The Hall–Kier alpha value is -2.89. The van der Waals surface area contributed by atoms with Gasteiger partial charge in [-0.2, -0.15) is 0 Å². The monoisotopic (exact) mass is 298 g/mol. The number of benzene rings is 1. The number of hydrogen-bond donors (Lipinski definition) is 1. The minimum absolute atomic E-state index is 0.208. The molecule has 3 amide bonds. The molecule has 1 atom stereocenters. The average Bonchev–Trinajstić information content (AvgIpc) is 3.13. The van der Waals surface area contributed by atoms with Gasteiger partial charge >= 0.3 is 0 Å². The van der Waals surface area contributed by atoms with E-state index in [0.717, 1.165) is 4.90 Å². The number of imide groups is 1. The molecule has 2 aromatic rings. The number of hydrogen-bond acceptors (Lipinski definition) is 4. The van der Waals surface area contributed by atoms with Gasteiger partial charge in [0.1, 0.15) is 11.8 Å². The smallest absolute Gasteiger partial charge is 0.262 e. The molecule has 6 heteroatoms. The Labute approximate surface area is 126 Å². The van der Waals surface area contributed by atoms with Crippen LogP contribution >= 0.6 is 0 Å². The molecule has 0 radical (unpaired) electrons. The summed E-state index contributed by atoms with van der Waals surface area (Å²) in [5.74, 6) is -0.698. The summed E-state index contributed by atoms with van der Waals surface area (Å²) in [7, 11) is 0. The topological polar surface area (TPSA) is 79.6 Å². The van der Waals surface area contributed by atoms with E-state index in [1.165, 1.54) is 13.2 Å². The van der Waals surface area contributed by atoms with E-state index >= 15 is 0 Å². The molecule has 0 aliphatic carbocycles. The molecule has 3 rings (SSSR count). The van der Waals surface area contributed by atoms with Crippen molar-refractivity contribution in [1.82, 2.24) is 10.2 Å². The largest absolute Gasteiger partial charge is 0.467 e. The Kier molecular flexibility index (Phi) is 3.50. The van der Waals surface area contributed by atoms with Crippen molar-refractivity contribution >= 4 is 17.7 Å². The standard InChI is InChI=1S/C16H14N2O4/c1-10(14(19)17-9-11-5-4-8-22-11)18-15(20)12-6-2-3-7-13(12)16(18)21/h2-8,10H,9H2,1H3,(H,17,19)/t10-/m0/s1. The highest BCUT2D eigenvalue weighted by atomic mass is 16.3. The molecule has 0 saturated carbocycles. The Morgan fingerprint density at radius 2 is 1.77 bits per heavy atom. The van der Waals surface area contributed by atoms with Gasteiger partial charge in [-0.1, -0.05) is 12.1 Å². The number of rotatable bonds is 4. The number of carbonyl (C=O) groups excluding carboxylic acids is 3. The maximum atomic E-state index is 12.3. The van der Waals surface area contributed by atoms with Gasteiger partial charge in [0.2, 0.25) is 5.91 Å². The molecule has 0 fully saturated rings. The number of furan rings is 1. The van der Waals surface area contributed by atoms with Crippen molar-refractivity contribution in [2.45, 2.75) is 19.5 Å². The molecule has 0 bridgehead atoms. The molecule has 1 N–H and O–H groups in total. The second-order valence-corrected chi connectivity index (χ2v) is 5.00.